The van der Waals surface area contributed by atoms with Gasteiger partial charge in [0.1, 0.15) is 12.1 Å². The predicted octanol–water partition coefficient (Wildman–Crippen LogP) is 11.3. The van der Waals surface area contributed by atoms with Gasteiger partial charge >= 0.3 is 0 Å². The molecule has 8 aromatic rings. The SMILES string of the molecule is C/C=C\c1c(C)n(-c2cc(C#N)c(-n3c4ccccc4c4c5ccccc5ccc43)cc2C#N)c2cc3c(cc12)C(C)(C)c1ccccc1-3. The fourth-order valence-corrected chi connectivity index (χ4v) is 8.45. The topological polar surface area (TPSA) is 57.4 Å². The third kappa shape index (κ3) is 3.83. The Morgan fingerprint density at radius 2 is 1.29 bits per heavy atom. The van der Waals surface area contributed by atoms with E-state index in [0.717, 1.165) is 54.7 Å². The molecule has 4 heteroatoms. The number of fused-ring (bicyclic) bond motifs is 9. The van der Waals surface area contributed by atoms with Crippen LogP contribution in [0.3, 0.4) is 0 Å². The highest BCUT2D eigenvalue weighted by Crippen LogP contribution is 2.51. The maximum Gasteiger partial charge on any atom is 0.101 e. The number of para-hydroxylation sites is 1. The Bertz CT molecular complexity index is 2840. The first kappa shape index (κ1) is 28.8. The molecule has 49 heavy (non-hydrogen) atoms. The van der Waals surface area contributed by atoms with E-state index in [0.29, 0.717) is 22.5 Å². The van der Waals surface area contributed by atoms with E-state index in [-0.39, 0.29) is 5.41 Å². The lowest BCUT2D eigenvalue weighted by molar-refractivity contribution is 0.661. The van der Waals surface area contributed by atoms with Gasteiger partial charge in [-0.25, -0.2) is 0 Å². The molecule has 0 fully saturated rings. The maximum absolute atomic E-state index is 10.8. The van der Waals surface area contributed by atoms with Gasteiger partial charge in [-0.1, -0.05) is 98.8 Å². The molecule has 0 aliphatic heterocycles. The number of rotatable bonds is 3. The van der Waals surface area contributed by atoms with Crippen LogP contribution in [0.25, 0.3) is 72.1 Å². The summed E-state index contributed by atoms with van der Waals surface area (Å²) in [6, 6.07) is 43.1. The van der Waals surface area contributed by atoms with E-state index in [1.807, 2.05) is 25.1 Å². The molecule has 0 N–H and O–H groups in total. The molecule has 0 radical (unpaired) electrons. The van der Waals surface area contributed by atoms with Crippen molar-refractivity contribution in [2.24, 2.45) is 0 Å². The lowest BCUT2D eigenvalue weighted by Gasteiger charge is -2.21. The van der Waals surface area contributed by atoms with E-state index in [9.17, 15) is 10.5 Å². The van der Waals surface area contributed by atoms with Crippen molar-refractivity contribution in [3.8, 4) is 34.6 Å². The molecule has 0 saturated carbocycles. The van der Waals surface area contributed by atoms with Crippen molar-refractivity contribution >= 4 is 49.6 Å². The minimum absolute atomic E-state index is 0.135. The number of nitriles is 2. The van der Waals surface area contributed by atoms with Gasteiger partial charge in [-0.05, 0) is 83.3 Å². The minimum atomic E-state index is -0.135. The van der Waals surface area contributed by atoms with Gasteiger partial charge in [-0.3, -0.25) is 0 Å². The predicted molar refractivity (Wildman–Crippen MR) is 202 cm³/mol. The highest BCUT2D eigenvalue weighted by Gasteiger charge is 2.36. The molecule has 2 aromatic heterocycles. The van der Waals surface area contributed by atoms with Crippen LogP contribution in [-0.4, -0.2) is 9.13 Å². The number of allylic oxidation sites excluding steroid dienone is 1. The zero-order valence-electron chi connectivity index (χ0n) is 27.8. The Morgan fingerprint density at radius 3 is 2.04 bits per heavy atom. The molecular weight excluding hydrogens is 597 g/mol. The van der Waals surface area contributed by atoms with Crippen LogP contribution in [0.5, 0.6) is 0 Å². The Labute approximate surface area is 285 Å². The first-order chi connectivity index (χ1) is 23.9. The summed E-state index contributed by atoms with van der Waals surface area (Å²) in [6.45, 7) is 8.74. The molecule has 0 bridgehead atoms. The van der Waals surface area contributed by atoms with Gasteiger partial charge in [-0.2, -0.15) is 10.5 Å². The van der Waals surface area contributed by atoms with Crippen molar-refractivity contribution in [3.05, 3.63) is 149 Å². The molecule has 2 heterocycles. The summed E-state index contributed by atoms with van der Waals surface area (Å²) < 4.78 is 4.33. The van der Waals surface area contributed by atoms with Crippen LogP contribution >= 0.6 is 0 Å². The summed E-state index contributed by atoms with van der Waals surface area (Å²) in [5.74, 6) is 0. The third-order valence-corrected chi connectivity index (χ3v) is 10.7. The van der Waals surface area contributed by atoms with E-state index in [4.69, 9.17) is 0 Å². The second-order valence-electron chi connectivity index (χ2n) is 13.6. The highest BCUT2D eigenvalue weighted by molar-refractivity contribution is 6.21. The van der Waals surface area contributed by atoms with Gasteiger partial charge < -0.3 is 9.13 Å². The zero-order chi connectivity index (χ0) is 33.6. The van der Waals surface area contributed by atoms with Gasteiger partial charge in [0.25, 0.3) is 0 Å². The van der Waals surface area contributed by atoms with Crippen molar-refractivity contribution in [2.75, 3.05) is 0 Å². The summed E-state index contributed by atoms with van der Waals surface area (Å²) in [5, 5.41) is 27.3. The fraction of sp³-hybridized carbons (Fsp3) is 0.111. The molecule has 0 spiro atoms. The molecular formula is C45H32N4. The normalized spacial score (nSPS) is 13.3. The lowest BCUT2D eigenvalue weighted by Crippen LogP contribution is -2.14. The highest BCUT2D eigenvalue weighted by atomic mass is 15.0. The molecule has 232 valence electrons. The fourth-order valence-electron chi connectivity index (χ4n) is 8.45. The van der Waals surface area contributed by atoms with Crippen LogP contribution in [0.2, 0.25) is 0 Å². The number of aromatic nitrogens is 2. The van der Waals surface area contributed by atoms with E-state index >= 15 is 0 Å². The number of nitrogens with zero attached hydrogens (tertiary/aromatic N) is 4. The monoisotopic (exact) mass is 628 g/mol. The Hall–Kier alpha value is -6.36. The molecule has 0 amide bonds. The maximum atomic E-state index is 10.8. The molecule has 9 rings (SSSR count). The molecule has 6 aromatic carbocycles. The Kier molecular flexibility index (Phi) is 6.07. The van der Waals surface area contributed by atoms with Crippen LogP contribution < -0.4 is 0 Å². The standard InChI is InChI=1S/C45H32N4/c1-5-12-31-27(2)48(43-24-35-33-15-8-10-17-37(33)45(3,4)38(35)23-36(31)43)41-21-30(26-47)42(22-29(41)25-46)49-39-18-11-9-16-34(39)44-32-14-7-6-13-28(32)19-20-40(44)49/h5-24H,1-4H3/b12-5-. The largest absolute Gasteiger partial charge is 0.312 e. The smallest absolute Gasteiger partial charge is 0.101 e. The zero-order valence-corrected chi connectivity index (χ0v) is 27.8. The molecule has 1 aliphatic carbocycles. The van der Waals surface area contributed by atoms with Gasteiger partial charge in [0.2, 0.25) is 0 Å². The average molecular weight is 629 g/mol. The third-order valence-electron chi connectivity index (χ3n) is 10.7. The van der Waals surface area contributed by atoms with Gasteiger partial charge in [0.15, 0.2) is 0 Å². The summed E-state index contributed by atoms with van der Waals surface area (Å²) in [6.07, 6.45) is 4.23. The molecule has 4 nitrogen and oxygen atoms in total. The summed E-state index contributed by atoms with van der Waals surface area (Å²) in [4.78, 5) is 0. The summed E-state index contributed by atoms with van der Waals surface area (Å²) >= 11 is 0. The number of hydrogen-bond acceptors (Lipinski definition) is 2. The van der Waals surface area contributed by atoms with Crippen molar-refractivity contribution < 1.29 is 0 Å². The summed E-state index contributed by atoms with van der Waals surface area (Å²) in [7, 11) is 0. The quantitative estimate of drug-likeness (QED) is 0.195. The van der Waals surface area contributed by atoms with E-state index in [1.54, 1.807) is 0 Å². The Balaban J connectivity index is 1.35. The van der Waals surface area contributed by atoms with Gasteiger partial charge in [0.05, 0.1) is 39.1 Å². The van der Waals surface area contributed by atoms with Crippen LogP contribution in [0.1, 0.15) is 54.3 Å². The first-order valence-corrected chi connectivity index (χ1v) is 16.7. The van der Waals surface area contributed by atoms with Crippen LogP contribution in [0.15, 0.2) is 115 Å². The van der Waals surface area contributed by atoms with Crippen molar-refractivity contribution in [2.45, 2.75) is 33.1 Å². The summed E-state index contributed by atoms with van der Waals surface area (Å²) in [5.41, 5.74) is 12.5. The molecule has 0 atom stereocenters. The van der Waals surface area contributed by atoms with Crippen LogP contribution in [0.4, 0.5) is 0 Å². The van der Waals surface area contributed by atoms with E-state index in [1.165, 1.54) is 22.3 Å². The molecule has 0 saturated heterocycles. The van der Waals surface area contributed by atoms with E-state index < -0.39 is 0 Å². The lowest BCUT2D eigenvalue weighted by atomic mass is 9.82. The number of hydrogen-bond donors (Lipinski definition) is 0. The second kappa shape index (κ2) is 10.3. The van der Waals surface area contributed by atoms with Crippen molar-refractivity contribution in [1.82, 2.24) is 9.13 Å². The van der Waals surface area contributed by atoms with Gasteiger partial charge in [-0.15, -0.1) is 0 Å². The van der Waals surface area contributed by atoms with Crippen LogP contribution in [-0.2, 0) is 5.41 Å². The molecule has 0 unspecified atom stereocenters. The minimum Gasteiger partial charge on any atom is -0.312 e. The number of benzene rings is 6. The Morgan fingerprint density at radius 1 is 0.612 bits per heavy atom. The van der Waals surface area contributed by atoms with Crippen molar-refractivity contribution in [3.63, 3.8) is 0 Å². The van der Waals surface area contributed by atoms with Gasteiger partial charge in [0, 0.05) is 32.8 Å². The van der Waals surface area contributed by atoms with Crippen LogP contribution in [0, 0.1) is 29.6 Å². The molecule has 1 aliphatic rings. The average Bonchev–Trinajstić information content (AvgIpc) is 3.69. The second-order valence-corrected chi connectivity index (χ2v) is 13.6. The van der Waals surface area contributed by atoms with E-state index in [2.05, 4.69) is 145 Å². The first-order valence-electron chi connectivity index (χ1n) is 16.7. The van der Waals surface area contributed by atoms with Crippen molar-refractivity contribution in [1.29, 1.82) is 10.5 Å².